The van der Waals surface area contributed by atoms with E-state index < -0.39 is 10.3 Å². The molecule has 3 N–H and O–H groups in total. The van der Waals surface area contributed by atoms with Crippen molar-refractivity contribution in [2.24, 2.45) is 34.2 Å². The van der Waals surface area contributed by atoms with Crippen molar-refractivity contribution in [3.05, 3.63) is 23.3 Å². The van der Waals surface area contributed by atoms with E-state index in [9.17, 15) is 13.5 Å². The third kappa shape index (κ3) is 3.55. The normalized spacial score (nSPS) is 34.7. The van der Waals surface area contributed by atoms with Crippen LogP contribution in [0, 0.1) is 29.1 Å². The van der Waals surface area contributed by atoms with Gasteiger partial charge in [0.1, 0.15) is 0 Å². The van der Waals surface area contributed by atoms with Gasteiger partial charge >= 0.3 is 10.3 Å². The number of aliphatic hydroxyl groups excluding tert-OH is 1. The molecular weight excluding hydrogens is 390 g/mol. The smallest absolute Gasteiger partial charge is 0.380 e. The molecule has 3 aliphatic rings. The van der Waals surface area contributed by atoms with Crippen LogP contribution in [0.15, 0.2) is 12.1 Å². The fraction of sp³-hybridized carbons (Fsp3) is 0.727. The standard InChI is InChI=1S/C22H33NO5S/c1-13(12-24)18-6-7-19-16-5-4-14-10-21(28-29(23,25)26)20(27-3)11-17(14)15(16)8-9-22(18,19)2/h10-11,13,15-16,18-19,24H,4-9,12H2,1-3H3,(H2,23,25,26)/t13-,15?,16?,18?,19?,22-/m1/s1. The van der Waals surface area contributed by atoms with Crippen LogP contribution >= 0.6 is 0 Å². The van der Waals surface area contributed by atoms with Gasteiger partial charge in [-0.3, -0.25) is 0 Å². The zero-order valence-electron chi connectivity index (χ0n) is 17.6. The van der Waals surface area contributed by atoms with Gasteiger partial charge in [0, 0.05) is 6.61 Å². The molecule has 0 saturated heterocycles. The van der Waals surface area contributed by atoms with Crippen LogP contribution in [0.3, 0.4) is 0 Å². The van der Waals surface area contributed by atoms with Crippen LogP contribution < -0.4 is 14.1 Å². The molecule has 0 heterocycles. The topological polar surface area (TPSA) is 98.9 Å². The predicted octanol–water partition coefficient (Wildman–Crippen LogP) is 3.38. The summed E-state index contributed by atoms with van der Waals surface area (Å²) in [6, 6.07) is 3.77. The molecule has 4 rings (SSSR count). The van der Waals surface area contributed by atoms with Gasteiger partial charge in [0.05, 0.1) is 7.11 Å². The maximum absolute atomic E-state index is 11.4. The minimum absolute atomic E-state index is 0.172. The molecule has 3 aliphatic carbocycles. The second-order valence-corrected chi connectivity index (χ2v) is 10.7. The maximum atomic E-state index is 11.4. The lowest BCUT2D eigenvalue weighted by Crippen LogP contribution is -2.43. The molecule has 0 amide bonds. The monoisotopic (exact) mass is 423 g/mol. The van der Waals surface area contributed by atoms with Gasteiger partial charge in [-0.15, -0.1) is 0 Å². The van der Waals surface area contributed by atoms with E-state index in [0.29, 0.717) is 40.8 Å². The molecule has 1 aromatic carbocycles. The summed E-state index contributed by atoms with van der Waals surface area (Å²) in [6.07, 6.45) is 6.77. The number of methoxy groups -OCH3 is 1. The lowest BCUT2D eigenvalue weighted by molar-refractivity contribution is 0.00153. The fourth-order valence-corrected chi connectivity index (χ4v) is 7.41. The summed E-state index contributed by atoms with van der Waals surface area (Å²) < 4.78 is 33.2. The summed E-state index contributed by atoms with van der Waals surface area (Å²) in [5.74, 6) is 3.33. The average Bonchev–Trinajstić information content (AvgIpc) is 3.02. The second kappa shape index (κ2) is 7.43. The Morgan fingerprint density at radius 3 is 2.66 bits per heavy atom. The Morgan fingerprint density at radius 1 is 1.24 bits per heavy atom. The molecule has 2 fully saturated rings. The molecule has 6 nitrogen and oxygen atoms in total. The minimum atomic E-state index is -4.10. The largest absolute Gasteiger partial charge is 0.493 e. The highest BCUT2D eigenvalue weighted by Crippen LogP contribution is 2.64. The lowest BCUT2D eigenvalue weighted by atomic mass is 9.53. The van der Waals surface area contributed by atoms with Crippen LogP contribution in [0.4, 0.5) is 0 Å². The van der Waals surface area contributed by atoms with Crippen molar-refractivity contribution in [3.8, 4) is 11.5 Å². The molecule has 0 spiro atoms. The van der Waals surface area contributed by atoms with Crippen LogP contribution in [-0.2, 0) is 16.7 Å². The Balaban J connectivity index is 1.66. The predicted molar refractivity (Wildman–Crippen MR) is 111 cm³/mol. The Hall–Kier alpha value is -1.31. The molecular formula is C22H33NO5S. The lowest BCUT2D eigenvalue weighted by Gasteiger charge is -2.52. The van der Waals surface area contributed by atoms with E-state index in [0.717, 1.165) is 24.8 Å². The third-order valence-electron chi connectivity index (χ3n) is 8.26. The first kappa shape index (κ1) is 20.9. The number of aliphatic hydroxyl groups is 1. The molecule has 7 heteroatoms. The average molecular weight is 424 g/mol. The number of benzene rings is 1. The van der Waals surface area contributed by atoms with Gasteiger partial charge in [0.25, 0.3) is 0 Å². The van der Waals surface area contributed by atoms with E-state index in [2.05, 4.69) is 13.8 Å². The van der Waals surface area contributed by atoms with Gasteiger partial charge in [-0.2, -0.15) is 13.6 Å². The summed E-state index contributed by atoms with van der Waals surface area (Å²) >= 11 is 0. The zero-order chi connectivity index (χ0) is 21.0. The van der Waals surface area contributed by atoms with Gasteiger partial charge in [-0.25, -0.2) is 0 Å². The Labute approximate surface area is 174 Å². The van der Waals surface area contributed by atoms with Crippen molar-refractivity contribution in [2.45, 2.75) is 58.3 Å². The van der Waals surface area contributed by atoms with Crippen molar-refractivity contribution in [2.75, 3.05) is 13.7 Å². The maximum Gasteiger partial charge on any atom is 0.380 e. The third-order valence-corrected chi connectivity index (χ3v) is 8.68. The Morgan fingerprint density at radius 2 is 2.00 bits per heavy atom. The number of nitrogens with two attached hydrogens (primary N) is 1. The number of hydrogen-bond acceptors (Lipinski definition) is 5. The SMILES string of the molecule is COc1cc2c(cc1OS(N)(=O)=O)CCC1C2CC[C@@]2(C)C1CCC2[C@H](C)CO. The number of rotatable bonds is 5. The molecule has 2 saturated carbocycles. The first-order valence-corrected chi connectivity index (χ1v) is 12.2. The van der Waals surface area contributed by atoms with Gasteiger partial charge < -0.3 is 14.0 Å². The number of hydrogen-bond donors (Lipinski definition) is 2. The summed E-state index contributed by atoms with van der Waals surface area (Å²) in [6.45, 7) is 4.92. The van der Waals surface area contributed by atoms with Gasteiger partial charge in [-0.1, -0.05) is 13.8 Å². The molecule has 162 valence electrons. The molecule has 29 heavy (non-hydrogen) atoms. The van der Waals surface area contributed by atoms with Gasteiger partial charge in [0.15, 0.2) is 11.5 Å². The Bertz CT molecular complexity index is 885. The van der Waals surface area contributed by atoms with Crippen molar-refractivity contribution in [3.63, 3.8) is 0 Å². The highest BCUT2D eigenvalue weighted by Gasteiger charge is 2.55. The summed E-state index contributed by atoms with van der Waals surface area (Å²) in [4.78, 5) is 0. The molecule has 4 unspecified atom stereocenters. The highest BCUT2D eigenvalue weighted by molar-refractivity contribution is 7.84. The summed E-state index contributed by atoms with van der Waals surface area (Å²) in [5.41, 5.74) is 2.73. The van der Waals surface area contributed by atoms with Crippen LogP contribution in [0.5, 0.6) is 11.5 Å². The number of aryl methyl sites for hydroxylation is 1. The van der Waals surface area contributed by atoms with E-state index in [4.69, 9.17) is 14.1 Å². The molecule has 0 bridgehead atoms. The van der Waals surface area contributed by atoms with Crippen LogP contribution in [0.25, 0.3) is 0 Å². The fourth-order valence-electron chi connectivity index (χ4n) is 7.03. The zero-order valence-corrected chi connectivity index (χ0v) is 18.4. The molecule has 0 radical (unpaired) electrons. The van der Waals surface area contributed by atoms with E-state index >= 15 is 0 Å². The first-order chi connectivity index (χ1) is 13.7. The van der Waals surface area contributed by atoms with Crippen molar-refractivity contribution in [1.29, 1.82) is 0 Å². The van der Waals surface area contributed by atoms with Crippen LogP contribution in [0.2, 0.25) is 0 Å². The summed E-state index contributed by atoms with van der Waals surface area (Å²) in [7, 11) is -2.58. The number of ether oxygens (including phenoxy) is 1. The summed E-state index contributed by atoms with van der Waals surface area (Å²) in [5, 5.41) is 14.8. The Kier molecular flexibility index (Phi) is 5.37. The van der Waals surface area contributed by atoms with Crippen molar-refractivity contribution in [1.82, 2.24) is 0 Å². The molecule has 0 aliphatic heterocycles. The quantitative estimate of drug-likeness (QED) is 0.756. The first-order valence-electron chi connectivity index (χ1n) is 10.7. The van der Waals surface area contributed by atoms with Crippen LogP contribution in [0.1, 0.15) is 63.0 Å². The molecule has 6 atom stereocenters. The minimum Gasteiger partial charge on any atom is -0.493 e. The van der Waals surface area contributed by atoms with Crippen LogP contribution in [-0.4, -0.2) is 27.2 Å². The van der Waals surface area contributed by atoms with E-state index in [1.807, 2.05) is 6.07 Å². The number of fused-ring (bicyclic) bond motifs is 5. The molecule has 1 aromatic rings. The van der Waals surface area contributed by atoms with E-state index in [1.54, 1.807) is 6.07 Å². The van der Waals surface area contributed by atoms with E-state index in [-0.39, 0.29) is 12.4 Å². The highest BCUT2D eigenvalue weighted by atomic mass is 32.2. The van der Waals surface area contributed by atoms with E-state index in [1.165, 1.54) is 31.9 Å². The van der Waals surface area contributed by atoms with Crippen molar-refractivity contribution >= 4 is 10.3 Å². The van der Waals surface area contributed by atoms with Gasteiger partial charge in [0.2, 0.25) is 0 Å². The second-order valence-electron chi connectivity index (χ2n) is 9.58. The molecule has 0 aromatic heterocycles. The van der Waals surface area contributed by atoms with Gasteiger partial charge in [-0.05, 0) is 96.8 Å². The van der Waals surface area contributed by atoms with Crippen molar-refractivity contribution < 1.29 is 22.4 Å².